The second kappa shape index (κ2) is 14.9. The molecule has 1 aromatic heterocycles. The number of benzene rings is 4. The van der Waals surface area contributed by atoms with E-state index in [1.807, 2.05) is 18.5 Å². The van der Waals surface area contributed by atoms with Crippen LogP contribution in [0, 0.1) is 5.92 Å². The van der Waals surface area contributed by atoms with Crippen molar-refractivity contribution in [2.75, 3.05) is 0 Å². The fraction of sp³-hybridized carbons (Fsp3) is 0.224. The number of nitrogens with zero attached hydrogens (tertiary/aromatic N) is 2. The summed E-state index contributed by atoms with van der Waals surface area (Å²) in [5, 5.41) is 2.54. The predicted molar refractivity (Wildman–Crippen MR) is 217 cm³/mol. The highest BCUT2D eigenvalue weighted by Crippen LogP contribution is 2.42. The van der Waals surface area contributed by atoms with Crippen molar-refractivity contribution < 1.29 is 0 Å². The van der Waals surface area contributed by atoms with E-state index in [0.29, 0.717) is 0 Å². The molecular formula is C49H46N2. The fourth-order valence-electron chi connectivity index (χ4n) is 8.39. The molecule has 0 saturated carbocycles. The van der Waals surface area contributed by atoms with Crippen LogP contribution < -0.4 is 0 Å². The van der Waals surface area contributed by atoms with Gasteiger partial charge >= 0.3 is 0 Å². The zero-order valence-corrected chi connectivity index (χ0v) is 29.9. The average molecular weight is 663 g/mol. The maximum atomic E-state index is 5.51. The maximum absolute atomic E-state index is 5.51. The van der Waals surface area contributed by atoms with Crippen molar-refractivity contribution in [1.29, 1.82) is 0 Å². The minimum Gasteiger partial charge on any atom is -0.264 e. The van der Waals surface area contributed by atoms with Crippen LogP contribution in [-0.2, 0) is 0 Å². The van der Waals surface area contributed by atoms with Gasteiger partial charge < -0.3 is 0 Å². The third kappa shape index (κ3) is 6.88. The summed E-state index contributed by atoms with van der Waals surface area (Å²) in [4.78, 5) is 9.85. The first-order valence-corrected chi connectivity index (χ1v) is 18.8. The normalized spacial score (nSPS) is 18.2. The van der Waals surface area contributed by atoms with Gasteiger partial charge in [-0.25, -0.2) is 0 Å². The Balaban J connectivity index is 1.18. The van der Waals surface area contributed by atoms with Crippen LogP contribution in [0.4, 0.5) is 0 Å². The Morgan fingerprint density at radius 2 is 1.55 bits per heavy atom. The highest BCUT2D eigenvalue weighted by Gasteiger charge is 2.25. The van der Waals surface area contributed by atoms with Gasteiger partial charge in [-0.1, -0.05) is 128 Å². The van der Waals surface area contributed by atoms with Gasteiger partial charge in [0.1, 0.15) is 0 Å². The van der Waals surface area contributed by atoms with Crippen molar-refractivity contribution in [3.05, 3.63) is 173 Å². The van der Waals surface area contributed by atoms with Crippen molar-refractivity contribution in [1.82, 2.24) is 4.98 Å². The smallest absolute Gasteiger partial charge is 0.0743 e. The quantitative estimate of drug-likeness (QED) is 0.120. The molecule has 1 heterocycles. The van der Waals surface area contributed by atoms with Crippen molar-refractivity contribution in [3.63, 3.8) is 0 Å². The molecule has 3 aliphatic rings. The number of rotatable bonds is 8. The third-order valence-corrected chi connectivity index (χ3v) is 11.2. The maximum Gasteiger partial charge on any atom is 0.0743 e. The largest absolute Gasteiger partial charge is 0.264 e. The van der Waals surface area contributed by atoms with Crippen LogP contribution in [0.1, 0.15) is 76.3 Å². The second-order valence-electron chi connectivity index (χ2n) is 14.2. The average Bonchev–Trinajstić information content (AvgIpc) is 3.21. The summed E-state index contributed by atoms with van der Waals surface area (Å²) in [5.74, 6) is 0.763. The molecule has 252 valence electrons. The standard InChI is InChI=1S/C49H46N2/c1-3-44(39-26-28-41(29-27-39)48-19-9-14-38-12-5-7-17-46(38)48)49(42-30-22-36(23-31-42)43-15-10-32-50-33-43)51-34(2)35-20-24-40(25-21-35)47-18-8-13-37-11-4-6-16-45(37)47/h5-7,9-10,12,14-17,19-20,22-24,26-33,37H,3-4,8,11,13,18,21,25H2,1-2H3/b49-44+,51-34+. The highest BCUT2D eigenvalue weighted by molar-refractivity contribution is 6.05. The first-order valence-electron chi connectivity index (χ1n) is 18.8. The molecule has 1 unspecified atom stereocenters. The number of hydrogen-bond acceptors (Lipinski definition) is 2. The topological polar surface area (TPSA) is 25.2 Å². The molecule has 0 amide bonds. The van der Waals surface area contributed by atoms with E-state index in [4.69, 9.17) is 4.99 Å². The molecule has 0 saturated heterocycles. The molecule has 0 radical (unpaired) electrons. The lowest BCUT2D eigenvalue weighted by Gasteiger charge is -2.31. The zero-order chi connectivity index (χ0) is 34.6. The first-order chi connectivity index (χ1) is 25.2. The van der Waals surface area contributed by atoms with Crippen LogP contribution in [0.25, 0.3) is 44.3 Å². The monoisotopic (exact) mass is 662 g/mol. The highest BCUT2D eigenvalue weighted by atomic mass is 14.8. The molecule has 2 nitrogen and oxygen atoms in total. The van der Waals surface area contributed by atoms with Crippen LogP contribution in [0.15, 0.2) is 167 Å². The van der Waals surface area contributed by atoms with Gasteiger partial charge in [0.2, 0.25) is 0 Å². The van der Waals surface area contributed by atoms with Gasteiger partial charge in [0.05, 0.1) is 5.70 Å². The van der Waals surface area contributed by atoms with Crippen LogP contribution in [0.2, 0.25) is 0 Å². The molecule has 51 heavy (non-hydrogen) atoms. The molecule has 0 N–H and O–H groups in total. The molecule has 1 atom stereocenters. The third-order valence-electron chi connectivity index (χ3n) is 11.2. The zero-order valence-electron chi connectivity index (χ0n) is 29.9. The number of pyridine rings is 1. The number of aromatic nitrogens is 1. The molecule has 8 rings (SSSR count). The van der Waals surface area contributed by atoms with Gasteiger partial charge in [-0.3, -0.25) is 9.98 Å². The van der Waals surface area contributed by atoms with Gasteiger partial charge in [-0.15, -0.1) is 0 Å². The Bertz CT molecular complexity index is 2230. The summed E-state index contributed by atoms with van der Waals surface area (Å²) in [6, 6.07) is 37.3. The predicted octanol–water partition coefficient (Wildman–Crippen LogP) is 13.4. The van der Waals surface area contributed by atoms with Crippen molar-refractivity contribution in [2.45, 2.75) is 65.2 Å². The lowest BCUT2D eigenvalue weighted by molar-refractivity contribution is 0.470. The Kier molecular flexibility index (Phi) is 9.58. The van der Waals surface area contributed by atoms with E-state index in [1.54, 1.807) is 16.7 Å². The Labute approximate surface area is 303 Å². The van der Waals surface area contributed by atoms with Crippen LogP contribution in [0.5, 0.6) is 0 Å². The van der Waals surface area contributed by atoms with Crippen molar-refractivity contribution in [3.8, 4) is 22.3 Å². The molecule has 2 heteroatoms. The summed E-state index contributed by atoms with van der Waals surface area (Å²) in [6.45, 7) is 4.46. The summed E-state index contributed by atoms with van der Waals surface area (Å²) in [6.07, 6.45) is 22.8. The first kappa shape index (κ1) is 32.8. The second-order valence-corrected chi connectivity index (χ2v) is 14.2. The number of aliphatic imine (C=N–C) groups is 1. The Hall–Kier alpha value is -5.34. The van der Waals surface area contributed by atoms with Gasteiger partial charge in [0.25, 0.3) is 0 Å². The van der Waals surface area contributed by atoms with Crippen LogP contribution in [-0.4, -0.2) is 10.7 Å². The Morgan fingerprint density at radius 1 is 0.745 bits per heavy atom. The van der Waals surface area contributed by atoms with Crippen LogP contribution >= 0.6 is 0 Å². The molecule has 0 bridgehead atoms. The molecule has 4 aromatic carbocycles. The van der Waals surface area contributed by atoms with Crippen LogP contribution in [0.3, 0.4) is 0 Å². The van der Waals surface area contributed by atoms with E-state index in [2.05, 4.69) is 140 Å². The minimum atomic E-state index is 0.763. The van der Waals surface area contributed by atoms with Gasteiger partial charge in [-0.05, 0) is 137 Å². The van der Waals surface area contributed by atoms with Gasteiger partial charge in [0, 0.05) is 23.7 Å². The Morgan fingerprint density at radius 3 is 2.33 bits per heavy atom. The molecule has 5 aromatic rings. The fourth-order valence-corrected chi connectivity index (χ4v) is 8.39. The van der Waals surface area contributed by atoms with Crippen molar-refractivity contribution >= 4 is 27.8 Å². The number of hydrogen-bond donors (Lipinski definition) is 0. The molecular weight excluding hydrogens is 617 g/mol. The van der Waals surface area contributed by atoms with Gasteiger partial charge in [-0.2, -0.15) is 0 Å². The lowest BCUT2D eigenvalue weighted by atomic mass is 9.74. The minimum absolute atomic E-state index is 0.763. The van der Waals surface area contributed by atoms with E-state index < -0.39 is 0 Å². The van der Waals surface area contributed by atoms with E-state index in [0.717, 1.165) is 53.3 Å². The van der Waals surface area contributed by atoms with E-state index in [-0.39, 0.29) is 0 Å². The van der Waals surface area contributed by atoms with E-state index in [9.17, 15) is 0 Å². The SMILES string of the molecule is CC/C(=C(\N=C(/C)C1=CC=C(C2=C3C=CCCC3CCC2)CC1)c1ccc(-c2cccnc2)cc1)c1ccc(-c2cccc3ccccc23)cc1. The van der Waals surface area contributed by atoms with E-state index >= 15 is 0 Å². The van der Waals surface area contributed by atoms with Gasteiger partial charge in [0.15, 0.2) is 0 Å². The molecule has 3 aliphatic carbocycles. The summed E-state index contributed by atoms with van der Waals surface area (Å²) < 4.78 is 0. The summed E-state index contributed by atoms with van der Waals surface area (Å²) in [7, 11) is 0. The molecule has 0 spiro atoms. The molecule has 0 aliphatic heterocycles. The number of fused-ring (bicyclic) bond motifs is 2. The number of allylic oxidation sites excluding steroid dienone is 9. The summed E-state index contributed by atoms with van der Waals surface area (Å²) in [5.41, 5.74) is 16.6. The van der Waals surface area contributed by atoms with E-state index in [1.165, 1.54) is 70.7 Å². The lowest BCUT2D eigenvalue weighted by Crippen LogP contribution is -2.15. The summed E-state index contributed by atoms with van der Waals surface area (Å²) >= 11 is 0. The molecule has 0 fully saturated rings. The van der Waals surface area contributed by atoms with Crippen molar-refractivity contribution in [2.24, 2.45) is 10.9 Å².